The molecule has 0 atom stereocenters. The van der Waals surface area contributed by atoms with Gasteiger partial charge in [-0.3, -0.25) is 9.59 Å². The minimum Gasteiger partial charge on any atom is -0.457 e. The second kappa shape index (κ2) is 7.85. The number of amides is 1. The van der Waals surface area contributed by atoms with Gasteiger partial charge in [0.1, 0.15) is 23.0 Å². The van der Waals surface area contributed by atoms with Gasteiger partial charge < -0.3 is 19.6 Å². The molecule has 0 bridgehead atoms. The summed E-state index contributed by atoms with van der Waals surface area (Å²) in [6.07, 6.45) is 3.03. The van der Waals surface area contributed by atoms with E-state index in [1.807, 2.05) is 54.6 Å². The van der Waals surface area contributed by atoms with Gasteiger partial charge in [-0.15, -0.1) is 0 Å². The number of carbonyl (C=O) groups excluding carboxylic acids is 1. The summed E-state index contributed by atoms with van der Waals surface area (Å²) in [7, 11) is 1.62. The fourth-order valence-corrected chi connectivity index (χ4v) is 2.78. The van der Waals surface area contributed by atoms with Gasteiger partial charge in [0.05, 0.1) is 11.9 Å². The molecule has 29 heavy (non-hydrogen) atoms. The third kappa shape index (κ3) is 4.24. The second-order valence-corrected chi connectivity index (χ2v) is 6.41. The molecule has 7 nitrogen and oxygen atoms in total. The van der Waals surface area contributed by atoms with E-state index in [1.54, 1.807) is 19.3 Å². The van der Waals surface area contributed by atoms with Crippen LogP contribution >= 0.6 is 0 Å². The van der Waals surface area contributed by atoms with E-state index in [9.17, 15) is 9.59 Å². The SMILES string of the molecule is Cn1cc(NC(=O)c2cnc(-c3cccc(Oc4ccccc4)c3)[nH]2)ccc1=O. The molecule has 2 heterocycles. The van der Waals surface area contributed by atoms with Gasteiger partial charge in [0.15, 0.2) is 0 Å². The van der Waals surface area contributed by atoms with Gasteiger partial charge in [0.25, 0.3) is 5.91 Å². The zero-order chi connectivity index (χ0) is 20.2. The monoisotopic (exact) mass is 386 g/mol. The minimum absolute atomic E-state index is 0.149. The number of anilines is 1. The van der Waals surface area contributed by atoms with Crippen LogP contribution in [0.1, 0.15) is 10.5 Å². The van der Waals surface area contributed by atoms with Crippen LogP contribution in [0.25, 0.3) is 11.4 Å². The molecule has 0 unspecified atom stereocenters. The maximum absolute atomic E-state index is 12.5. The number of nitrogens with one attached hydrogen (secondary N) is 2. The Bertz CT molecular complexity index is 1210. The number of hydrogen-bond acceptors (Lipinski definition) is 4. The smallest absolute Gasteiger partial charge is 0.273 e. The Labute approximate surface area is 166 Å². The standard InChI is InChI=1S/C22H18N4O3/c1-26-14-16(10-11-20(26)27)24-22(28)19-13-23-21(25-19)15-6-5-9-18(12-15)29-17-7-3-2-4-8-17/h2-14H,1H3,(H,23,25)(H,24,28). The number of H-pyrrole nitrogens is 1. The van der Waals surface area contributed by atoms with Crippen LogP contribution in [0.5, 0.6) is 11.5 Å². The molecule has 1 amide bonds. The first-order chi connectivity index (χ1) is 14.1. The predicted molar refractivity (Wildman–Crippen MR) is 110 cm³/mol. The second-order valence-electron chi connectivity index (χ2n) is 6.41. The van der Waals surface area contributed by atoms with Crippen molar-refractivity contribution < 1.29 is 9.53 Å². The molecule has 0 fully saturated rings. The molecule has 0 spiro atoms. The zero-order valence-electron chi connectivity index (χ0n) is 15.6. The molecular weight excluding hydrogens is 368 g/mol. The Morgan fingerprint density at radius 1 is 1.03 bits per heavy atom. The predicted octanol–water partition coefficient (Wildman–Crippen LogP) is 3.82. The summed E-state index contributed by atoms with van der Waals surface area (Å²) in [4.78, 5) is 31.2. The van der Waals surface area contributed by atoms with Crippen molar-refractivity contribution >= 4 is 11.6 Å². The van der Waals surface area contributed by atoms with Crippen molar-refractivity contribution in [3.63, 3.8) is 0 Å². The maximum Gasteiger partial charge on any atom is 0.273 e. The highest BCUT2D eigenvalue weighted by molar-refractivity contribution is 6.03. The first-order valence-electron chi connectivity index (χ1n) is 8.95. The Balaban J connectivity index is 1.51. The fourth-order valence-electron chi connectivity index (χ4n) is 2.78. The van der Waals surface area contributed by atoms with Gasteiger partial charge in [-0.05, 0) is 30.3 Å². The maximum atomic E-state index is 12.5. The number of pyridine rings is 1. The lowest BCUT2D eigenvalue weighted by Crippen LogP contribution is -2.18. The van der Waals surface area contributed by atoms with Crippen LogP contribution in [0.2, 0.25) is 0 Å². The molecule has 0 saturated heterocycles. The highest BCUT2D eigenvalue weighted by Crippen LogP contribution is 2.26. The number of rotatable bonds is 5. The Kier molecular flexibility index (Phi) is 4.94. The molecule has 2 aromatic heterocycles. The number of para-hydroxylation sites is 1. The molecule has 0 radical (unpaired) electrons. The molecule has 0 saturated carbocycles. The van der Waals surface area contributed by atoms with Crippen LogP contribution in [-0.4, -0.2) is 20.4 Å². The molecule has 0 aliphatic rings. The third-order valence-corrected chi connectivity index (χ3v) is 4.25. The normalized spacial score (nSPS) is 10.5. The summed E-state index contributed by atoms with van der Waals surface area (Å²) in [5.41, 5.74) is 1.47. The minimum atomic E-state index is -0.348. The van der Waals surface area contributed by atoms with E-state index in [0.717, 1.165) is 11.3 Å². The summed E-state index contributed by atoms with van der Waals surface area (Å²) in [5.74, 6) is 1.61. The first kappa shape index (κ1) is 18.2. The Morgan fingerprint density at radius 3 is 2.62 bits per heavy atom. The van der Waals surface area contributed by atoms with E-state index >= 15 is 0 Å². The first-order valence-corrected chi connectivity index (χ1v) is 8.95. The molecule has 4 rings (SSSR count). The summed E-state index contributed by atoms with van der Waals surface area (Å²) >= 11 is 0. The van der Waals surface area contributed by atoms with Crippen molar-refractivity contribution in [2.75, 3.05) is 5.32 Å². The molecule has 0 aliphatic carbocycles. The number of ether oxygens (including phenoxy) is 1. The third-order valence-electron chi connectivity index (χ3n) is 4.25. The molecule has 2 aromatic carbocycles. The number of hydrogen-bond donors (Lipinski definition) is 2. The van der Waals surface area contributed by atoms with Crippen LogP contribution in [-0.2, 0) is 7.05 Å². The summed E-state index contributed by atoms with van der Waals surface area (Å²) < 4.78 is 7.24. The van der Waals surface area contributed by atoms with E-state index in [1.165, 1.54) is 16.8 Å². The molecule has 4 aromatic rings. The van der Waals surface area contributed by atoms with Gasteiger partial charge in [-0.25, -0.2) is 4.98 Å². The fraction of sp³-hybridized carbons (Fsp3) is 0.0455. The topological polar surface area (TPSA) is 89.0 Å². The van der Waals surface area contributed by atoms with Crippen molar-refractivity contribution in [2.24, 2.45) is 7.05 Å². The van der Waals surface area contributed by atoms with Crippen LogP contribution < -0.4 is 15.6 Å². The number of nitrogens with zero attached hydrogens (tertiary/aromatic N) is 2. The van der Waals surface area contributed by atoms with Crippen molar-refractivity contribution in [1.29, 1.82) is 0 Å². The molecule has 7 heteroatoms. The number of carbonyl (C=O) groups is 1. The average Bonchev–Trinajstić information content (AvgIpc) is 3.22. The van der Waals surface area contributed by atoms with Crippen LogP contribution in [0.15, 0.2) is 83.9 Å². The summed E-state index contributed by atoms with van der Waals surface area (Å²) in [6.45, 7) is 0. The van der Waals surface area contributed by atoms with Gasteiger partial charge in [0, 0.05) is 24.9 Å². The number of benzene rings is 2. The highest BCUT2D eigenvalue weighted by Gasteiger charge is 2.12. The molecular formula is C22H18N4O3. The number of aromatic amines is 1. The van der Waals surface area contributed by atoms with Gasteiger partial charge in [-0.1, -0.05) is 30.3 Å². The largest absolute Gasteiger partial charge is 0.457 e. The van der Waals surface area contributed by atoms with Gasteiger partial charge in [0.2, 0.25) is 5.56 Å². The van der Waals surface area contributed by atoms with Crippen molar-refractivity contribution in [3.8, 4) is 22.9 Å². The van der Waals surface area contributed by atoms with E-state index in [2.05, 4.69) is 15.3 Å². The lowest BCUT2D eigenvalue weighted by Gasteiger charge is -2.07. The van der Waals surface area contributed by atoms with E-state index in [0.29, 0.717) is 23.0 Å². The Hall–Kier alpha value is -4.13. The highest BCUT2D eigenvalue weighted by atomic mass is 16.5. The number of aryl methyl sites for hydroxylation is 1. The van der Waals surface area contributed by atoms with E-state index in [-0.39, 0.29) is 11.5 Å². The number of aromatic nitrogens is 3. The van der Waals surface area contributed by atoms with E-state index in [4.69, 9.17) is 4.74 Å². The lowest BCUT2D eigenvalue weighted by molar-refractivity contribution is 0.102. The van der Waals surface area contributed by atoms with Crippen molar-refractivity contribution in [3.05, 3.63) is 95.2 Å². The quantitative estimate of drug-likeness (QED) is 0.546. The number of imidazole rings is 1. The van der Waals surface area contributed by atoms with Crippen LogP contribution in [0.4, 0.5) is 5.69 Å². The average molecular weight is 386 g/mol. The van der Waals surface area contributed by atoms with E-state index < -0.39 is 0 Å². The summed E-state index contributed by atoms with van der Waals surface area (Å²) in [6, 6.07) is 19.9. The van der Waals surface area contributed by atoms with Crippen LogP contribution in [0, 0.1) is 0 Å². The lowest BCUT2D eigenvalue weighted by atomic mass is 10.2. The molecule has 2 N–H and O–H groups in total. The molecule has 144 valence electrons. The molecule has 0 aliphatic heterocycles. The van der Waals surface area contributed by atoms with Gasteiger partial charge >= 0.3 is 0 Å². The summed E-state index contributed by atoms with van der Waals surface area (Å²) in [5, 5.41) is 2.74. The van der Waals surface area contributed by atoms with Crippen molar-refractivity contribution in [2.45, 2.75) is 0 Å². The Morgan fingerprint density at radius 2 is 1.83 bits per heavy atom. The van der Waals surface area contributed by atoms with Crippen LogP contribution in [0.3, 0.4) is 0 Å². The van der Waals surface area contributed by atoms with Gasteiger partial charge in [-0.2, -0.15) is 0 Å². The zero-order valence-corrected chi connectivity index (χ0v) is 15.6. The van der Waals surface area contributed by atoms with Crippen molar-refractivity contribution in [1.82, 2.24) is 14.5 Å².